The van der Waals surface area contributed by atoms with E-state index in [0.717, 1.165) is 22.8 Å². The molecule has 2 N–H and O–H groups in total. The molecule has 1 aliphatic heterocycles. The number of amides is 1. The van der Waals surface area contributed by atoms with Crippen LogP contribution < -0.4 is 14.8 Å². The molecule has 0 saturated heterocycles. The van der Waals surface area contributed by atoms with Gasteiger partial charge in [-0.05, 0) is 42.8 Å². The zero-order chi connectivity index (χ0) is 16.5. The zero-order valence-corrected chi connectivity index (χ0v) is 13.0. The molecule has 6 nitrogen and oxygen atoms in total. The number of carbonyl (C=O) groups excluding carboxylic acids is 1. The Bertz CT molecular complexity index is 900. The van der Waals surface area contributed by atoms with Crippen LogP contribution >= 0.6 is 0 Å². The minimum atomic E-state index is -0.196. The van der Waals surface area contributed by atoms with Crippen LogP contribution in [0.3, 0.4) is 0 Å². The fourth-order valence-corrected chi connectivity index (χ4v) is 2.54. The molecule has 24 heavy (non-hydrogen) atoms. The summed E-state index contributed by atoms with van der Waals surface area (Å²) < 4.78 is 10.5. The van der Waals surface area contributed by atoms with Crippen molar-refractivity contribution in [3.8, 4) is 22.8 Å². The minimum Gasteiger partial charge on any atom is -0.454 e. The normalized spacial score (nSPS) is 12.2. The topological polar surface area (TPSA) is 76.2 Å². The van der Waals surface area contributed by atoms with Crippen molar-refractivity contribution in [1.29, 1.82) is 0 Å². The monoisotopic (exact) mass is 321 g/mol. The maximum absolute atomic E-state index is 12.3. The van der Waals surface area contributed by atoms with E-state index in [9.17, 15) is 4.79 Å². The number of imidazole rings is 1. The predicted molar refractivity (Wildman–Crippen MR) is 89.3 cm³/mol. The van der Waals surface area contributed by atoms with Crippen molar-refractivity contribution in [3.63, 3.8) is 0 Å². The van der Waals surface area contributed by atoms with Gasteiger partial charge in [0.05, 0.1) is 11.9 Å². The number of fused-ring (bicyclic) bond motifs is 1. The highest BCUT2D eigenvalue weighted by atomic mass is 16.7. The molecular weight excluding hydrogens is 306 g/mol. The number of benzene rings is 2. The van der Waals surface area contributed by atoms with Gasteiger partial charge >= 0.3 is 0 Å². The number of anilines is 1. The highest BCUT2D eigenvalue weighted by Gasteiger charge is 2.16. The van der Waals surface area contributed by atoms with E-state index < -0.39 is 0 Å². The number of hydrogen-bond acceptors (Lipinski definition) is 4. The molecule has 1 amide bonds. The molecule has 3 aromatic rings. The number of nitrogens with one attached hydrogen (secondary N) is 2. The molecule has 1 aromatic heterocycles. The molecule has 6 heteroatoms. The molecule has 4 rings (SSSR count). The molecule has 1 aliphatic rings. The zero-order valence-electron chi connectivity index (χ0n) is 13.0. The van der Waals surface area contributed by atoms with Crippen LogP contribution in [0.25, 0.3) is 11.3 Å². The molecule has 0 radical (unpaired) electrons. The van der Waals surface area contributed by atoms with Gasteiger partial charge in [0, 0.05) is 11.3 Å². The molecule has 120 valence electrons. The molecule has 0 bridgehead atoms. The van der Waals surface area contributed by atoms with E-state index in [1.54, 1.807) is 24.4 Å². The van der Waals surface area contributed by atoms with Gasteiger partial charge in [-0.1, -0.05) is 12.1 Å². The van der Waals surface area contributed by atoms with Gasteiger partial charge in [0.2, 0.25) is 6.79 Å². The molecule has 2 heterocycles. The van der Waals surface area contributed by atoms with Gasteiger partial charge in [0.15, 0.2) is 11.5 Å². The first-order chi connectivity index (χ1) is 11.7. The smallest absolute Gasteiger partial charge is 0.255 e. The second kappa shape index (κ2) is 5.73. The van der Waals surface area contributed by atoms with Gasteiger partial charge in [0.1, 0.15) is 5.82 Å². The molecule has 0 spiro atoms. The summed E-state index contributed by atoms with van der Waals surface area (Å²) in [6.07, 6.45) is 1.79. The summed E-state index contributed by atoms with van der Waals surface area (Å²) in [6, 6.07) is 12.7. The van der Waals surface area contributed by atoms with Crippen molar-refractivity contribution in [1.82, 2.24) is 9.97 Å². The van der Waals surface area contributed by atoms with Crippen LogP contribution in [0.2, 0.25) is 0 Å². The predicted octanol–water partition coefficient (Wildman–Crippen LogP) is 3.37. The van der Waals surface area contributed by atoms with E-state index in [0.29, 0.717) is 17.1 Å². The van der Waals surface area contributed by atoms with E-state index in [-0.39, 0.29) is 12.7 Å². The molecule has 0 aliphatic carbocycles. The van der Waals surface area contributed by atoms with Crippen LogP contribution in [0.4, 0.5) is 5.69 Å². The molecule has 2 aromatic carbocycles. The van der Waals surface area contributed by atoms with E-state index >= 15 is 0 Å². The number of aromatic amines is 1. The van der Waals surface area contributed by atoms with Gasteiger partial charge in [-0.2, -0.15) is 0 Å². The third kappa shape index (κ3) is 2.69. The van der Waals surface area contributed by atoms with Gasteiger partial charge < -0.3 is 19.8 Å². The van der Waals surface area contributed by atoms with Crippen LogP contribution in [-0.4, -0.2) is 22.7 Å². The minimum absolute atomic E-state index is 0.189. The largest absolute Gasteiger partial charge is 0.454 e. The number of aryl methyl sites for hydroxylation is 1. The maximum atomic E-state index is 12.3. The molecule has 0 unspecified atom stereocenters. The van der Waals surface area contributed by atoms with Crippen LogP contribution in [0.5, 0.6) is 11.5 Å². The second-order valence-electron chi connectivity index (χ2n) is 5.48. The number of H-pyrrole nitrogens is 1. The summed E-state index contributed by atoms with van der Waals surface area (Å²) >= 11 is 0. The van der Waals surface area contributed by atoms with Crippen molar-refractivity contribution >= 4 is 11.6 Å². The van der Waals surface area contributed by atoms with Crippen molar-refractivity contribution in [2.24, 2.45) is 0 Å². The molecular formula is C18H15N3O3. The van der Waals surface area contributed by atoms with Crippen molar-refractivity contribution in [3.05, 3.63) is 60.0 Å². The summed E-state index contributed by atoms with van der Waals surface area (Å²) in [5.74, 6) is 1.92. The number of carbonyl (C=O) groups is 1. The van der Waals surface area contributed by atoms with E-state index in [1.807, 2.05) is 31.2 Å². The second-order valence-corrected chi connectivity index (χ2v) is 5.48. The fraction of sp³-hybridized carbons (Fsp3) is 0.111. The van der Waals surface area contributed by atoms with Crippen molar-refractivity contribution in [2.45, 2.75) is 6.92 Å². The van der Waals surface area contributed by atoms with E-state index in [2.05, 4.69) is 15.3 Å². The number of ether oxygens (including phenoxy) is 2. The van der Waals surface area contributed by atoms with Crippen LogP contribution in [0.15, 0.2) is 48.7 Å². The summed E-state index contributed by atoms with van der Waals surface area (Å²) in [4.78, 5) is 19.7. The van der Waals surface area contributed by atoms with Crippen molar-refractivity contribution in [2.75, 3.05) is 12.1 Å². The highest BCUT2D eigenvalue weighted by Crippen LogP contribution is 2.32. The number of aromatic nitrogens is 2. The van der Waals surface area contributed by atoms with E-state index in [4.69, 9.17) is 9.47 Å². The Morgan fingerprint density at radius 1 is 1.12 bits per heavy atom. The number of rotatable bonds is 3. The Hall–Kier alpha value is -3.28. The first-order valence-electron chi connectivity index (χ1n) is 7.52. The Labute approximate surface area is 138 Å². The van der Waals surface area contributed by atoms with E-state index in [1.165, 1.54) is 0 Å². The quantitative estimate of drug-likeness (QED) is 0.775. The van der Waals surface area contributed by atoms with Gasteiger partial charge in [-0.15, -0.1) is 0 Å². The summed E-state index contributed by atoms with van der Waals surface area (Å²) in [6.45, 7) is 2.10. The van der Waals surface area contributed by atoms with Gasteiger partial charge in [0.25, 0.3) is 5.91 Å². The fourth-order valence-electron chi connectivity index (χ4n) is 2.54. The lowest BCUT2D eigenvalue weighted by molar-refractivity contribution is 0.102. The standard InChI is InChI=1S/C18H15N3O3/c1-11-19-9-15(20-11)12-2-5-14(6-3-12)21-18(22)13-4-7-16-17(8-13)24-10-23-16/h2-9H,10H2,1H3,(H,19,20)(H,21,22). The third-order valence-corrected chi connectivity index (χ3v) is 3.79. The lowest BCUT2D eigenvalue weighted by Crippen LogP contribution is -2.11. The molecule has 0 fully saturated rings. The van der Waals surface area contributed by atoms with Crippen LogP contribution in [0.1, 0.15) is 16.2 Å². The SMILES string of the molecule is Cc1ncc(-c2ccc(NC(=O)c3ccc4c(c3)OCO4)cc2)[nH]1. The average Bonchev–Trinajstić information content (AvgIpc) is 3.23. The molecule has 0 saturated carbocycles. The summed E-state index contributed by atoms with van der Waals surface area (Å²) in [5, 5.41) is 2.87. The van der Waals surface area contributed by atoms with Crippen LogP contribution in [-0.2, 0) is 0 Å². The van der Waals surface area contributed by atoms with Crippen molar-refractivity contribution < 1.29 is 14.3 Å². The summed E-state index contributed by atoms with van der Waals surface area (Å²) in [7, 11) is 0. The van der Waals surface area contributed by atoms with Crippen LogP contribution in [0, 0.1) is 6.92 Å². The summed E-state index contributed by atoms with van der Waals surface area (Å²) in [5.41, 5.74) is 3.20. The Balaban J connectivity index is 1.49. The van der Waals surface area contributed by atoms with Gasteiger partial charge in [-0.25, -0.2) is 4.98 Å². The Morgan fingerprint density at radius 2 is 1.92 bits per heavy atom. The average molecular weight is 321 g/mol. The first-order valence-corrected chi connectivity index (χ1v) is 7.52. The first kappa shape index (κ1) is 14.3. The Kier molecular flexibility index (Phi) is 3.42. The lowest BCUT2D eigenvalue weighted by Gasteiger charge is -2.07. The molecule has 0 atom stereocenters. The number of nitrogens with zero attached hydrogens (tertiary/aromatic N) is 1. The number of hydrogen-bond donors (Lipinski definition) is 2. The third-order valence-electron chi connectivity index (χ3n) is 3.79. The lowest BCUT2D eigenvalue weighted by atomic mass is 10.1. The Morgan fingerprint density at radius 3 is 2.67 bits per heavy atom. The van der Waals surface area contributed by atoms with Gasteiger partial charge in [-0.3, -0.25) is 4.79 Å². The highest BCUT2D eigenvalue weighted by molar-refractivity contribution is 6.04. The maximum Gasteiger partial charge on any atom is 0.255 e.